The van der Waals surface area contributed by atoms with Gasteiger partial charge in [0.15, 0.2) is 0 Å². The molecule has 1 rings (SSSR count). The van der Waals surface area contributed by atoms with E-state index >= 15 is 0 Å². The molecule has 1 aromatic rings. The van der Waals surface area contributed by atoms with Crippen LogP contribution in [0.5, 0.6) is 5.88 Å². The third-order valence-corrected chi connectivity index (χ3v) is 2.13. The molecule has 0 spiro atoms. The molecule has 0 aliphatic heterocycles. The van der Waals surface area contributed by atoms with Crippen molar-refractivity contribution in [1.82, 2.24) is 10.2 Å². The molecule has 0 fully saturated rings. The third kappa shape index (κ3) is 2.10. The normalized spacial score (nSPS) is 11.5. The van der Waals surface area contributed by atoms with Gasteiger partial charge in [0.1, 0.15) is 5.02 Å². The van der Waals surface area contributed by atoms with E-state index in [0.717, 1.165) is 5.56 Å². The second-order valence-electron chi connectivity index (χ2n) is 3.83. The number of nitrogens with zero attached hydrogens (tertiary/aromatic N) is 2. The molecular formula is C9H13ClN2O. The van der Waals surface area contributed by atoms with Gasteiger partial charge in [-0.3, -0.25) is 0 Å². The lowest BCUT2D eigenvalue weighted by Crippen LogP contribution is -2.13. The van der Waals surface area contributed by atoms with E-state index in [1.54, 1.807) is 6.20 Å². The fourth-order valence-electron chi connectivity index (χ4n) is 1.01. The SMILES string of the molecule is COc1nncc(C(C)(C)C)c1Cl. The molecule has 0 aliphatic carbocycles. The molecule has 0 unspecified atom stereocenters. The zero-order valence-corrected chi connectivity index (χ0v) is 9.01. The first-order valence-electron chi connectivity index (χ1n) is 4.02. The summed E-state index contributed by atoms with van der Waals surface area (Å²) in [5, 5.41) is 8.14. The Morgan fingerprint density at radius 3 is 2.46 bits per heavy atom. The Balaban J connectivity index is 3.24. The lowest BCUT2D eigenvalue weighted by atomic mass is 9.88. The second-order valence-corrected chi connectivity index (χ2v) is 4.21. The van der Waals surface area contributed by atoms with E-state index in [2.05, 4.69) is 31.0 Å². The zero-order chi connectivity index (χ0) is 10.1. The summed E-state index contributed by atoms with van der Waals surface area (Å²) in [5.74, 6) is 0.383. The number of rotatable bonds is 1. The van der Waals surface area contributed by atoms with Gasteiger partial charge in [0.2, 0.25) is 0 Å². The van der Waals surface area contributed by atoms with Gasteiger partial charge in [-0.1, -0.05) is 32.4 Å². The predicted octanol–water partition coefficient (Wildman–Crippen LogP) is 2.44. The van der Waals surface area contributed by atoms with E-state index < -0.39 is 0 Å². The van der Waals surface area contributed by atoms with Crippen molar-refractivity contribution < 1.29 is 4.74 Å². The summed E-state index contributed by atoms with van der Waals surface area (Å²) in [6, 6.07) is 0. The highest BCUT2D eigenvalue weighted by Crippen LogP contribution is 2.32. The fraction of sp³-hybridized carbons (Fsp3) is 0.556. The highest BCUT2D eigenvalue weighted by atomic mass is 35.5. The summed E-state index contributed by atoms with van der Waals surface area (Å²) in [6.45, 7) is 6.19. The first kappa shape index (κ1) is 10.3. The van der Waals surface area contributed by atoms with Gasteiger partial charge >= 0.3 is 0 Å². The molecule has 0 N–H and O–H groups in total. The van der Waals surface area contributed by atoms with Crippen LogP contribution in [0.25, 0.3) is 0 Å². The molecule has 0 aliphatic rings. The van der Waals surface area contributed by atoms with Crippen LogP contribution >= 0.6 is 11.6 Å². The monoisotopic (exact) mass is 200 g/mol. The minimum atomic E-state index is -0.0414. The van der Waals surface area contributed by atoms with E-state index in [1.807, 2.05) is 0 Å². The van der Waals surface area contributed by atoms with Crippen molar-refractivity contribution in [2.75, 3.05) is 7.11 Å². The molecule has 1 aromatic heterocycles. The third-order valence-electron chi connectivity index (χ3n) is 1.76. The summed E-state index contributed by atoms with van der Waals surface area (Å²) in [7, 11) is 1.53. The Bertz CT molecular complexity index is 307. The summed E-state index contributed by atoms with van der Waals surface area (Å²) >= 11 is 6.07. The van der Waals surface area contributed by atoms with Crippen LogP contribution in [-0.2, 0) is 5.41 Å². The lowest BCUT2D eigenvalue weighted by molar-refractivity contribution is 0.389. The summed E-state index contributed by atoms with van der Waals surface area (Å²) in [4.78, 5) is 0. The van der Waals surface area contributed by atoms with Crippen molar-refractivity contribution in [3.05, 3.63) is 16.8 Å². The molecule has 4 heteroatoms. The Kier molecular flexibility index (Phi) is 2.76. The molecule has 3 nitrogen and oxygen atoms in total. The average Bonchev–Trinajstić information content (AvgIpc) is 2.02. The maximum atomic E-state index is 6.07. The van der Waals surface area contributed by atoms with E-state index in [0.29, 0.717) is 10.9 Å². The minimum absolute atomic E-state index is 0.0414. The van der Waals surface area contributed by atoms with E-state index in [-0.39, 0.29) is 5.41 Å². The first-order chi connectivity index (χ1) is 5.96. The molecule has 13 heavy (non-hydrogen) atoms. The van der Waals surface area contributed by atoms with Crippen molar-refractivity contribution in [3.8, 4) is 5.88 Å². The molecule has 0 amide bonds. The molecule has 1 heterocycles. The Hall–Kier alpha value is -0.830. The highest BCUT2D eigenvalue weighted by molar-refractivity contribution is 6.32. The van der Waals surface area contributed by atoms with Crippen LogP contribution in [0.15, 0.2) is 6.20 Å². The second kappa shape index (κ2) is 3.50. The van der Waals surface area contributed by atoms with Gasteiger partial charge in [0, 0.05) is 5.56 Å². The van der Waals surface area contributed by atoms with Crippen LogP contribution in [0.3, 0.4) is 0 Å². The predicted molar refractivity (Wildman–Crippen MR) is 52.3 cm³/mol. The number of hydrogen-bond donors (Lipinski definition) is 0. The van der Waals surface area contributed by atoms with Gasteiger partial charge in [0.25, 0.3) is 5.88 Å². The van der Waals surface area contributed by atoms with E-state index in [1.165, 1.54) is 7.11 Å². The molecule has 0 bridgehead atoms. The van der Waals surface area contributed by atoms with Gasteiger partial charge in [-0.15, -0.1) is 5.10 Å². The van der Waals surface area contributed by atoms with E-state index in [4.69, 9.17) is 16.3 Å². The van der Waals surface area contributed by atoms with Crippen LogP contribution < -0.4 is 4.74 Å². The number of aromatic nitrogens is 2. The fourth-order valence-corrected chi connectivity index (χ4v) is 1.46. The lowest BCUT2D eigenvalue weighted by Gasteiger charge is -2.19. The molecular weight excluding hydrogens is 188 g/mol. The van der Waals surface area contributed by atoms with Gasteiger partial charge in [-0.25, -0.2) is 0 Å². The first-order valence-corrected chi connectivity index (χ1v) is 4.40. The highest BCUT2D eigenvalue weighted by Gasteiger charge is 2.20. The largest absolute Gasteiger partial charge is 0.479 e. The molecule has 0 radical (unpaired) electrons. The van der Waals surface area contributed by atoms with Crippen LogP contribution in [0.2, 0.25) is 5.02 Å². The van der Waals surface area contributed by atoms with Crippen LogP contribution in [0.1, 0.15) is 26.3 Å². The number of hydrogen-bond acceptors (Lipinski definition) is 3. The number of ether oxygens (including phenoxy) is 1. The van der Waals surface area contributed by atoms with Gasteiger partial charge < -0.3 is 4.74 Å². The van der Waals surface area contributed by atoms with Crippen molar-refractivity contribution in [1.29, 1.82) is 0 Å². The summed E-state index contributed by atoms with van der Waals surface area (Å²) in [5.41, 5.74) is 0.904. The quantitative estimate of drug-likeness (QED) is 0.699. The van der Waals surface area contributed by atoms with Crippen molar-refractivity contribution in [3.63, 3.8) is 0 Å². The average molecular weight is 201 g/mol. The van der Waals surface area contributed by atoms with E-state index in [9.17, 15) is 0 Å². The number of halogens is 1. The zero-order valence-electron chi connectivity index (χ0n) is 8.26. The maximum Gasteiger partial charge on any atom is 0.252 e. The Labute approximate surface area is 83.1 Å². The van der Waals surface area contributed by atoms with Crippen molar-refractivity contribution in [2.45, 2.75) is 26.2 Å². The van der Waals surface area contributed by atoms with Gasteiger partial charge in [0.05, 0.1) is 13.3 Å². The van der Waals surface area contributed by atoms with Crippen LogP contribution in [0.4, 0.5) is 0 Å². The smallest absolute Gasteiger partial charge is 0.252 e. The summed E-state index contributed by atoms with van der Waals surface area (Å²) in [6.07, 6.45) is 1.67. The summed E-state index contributed by atoms with van der Waals surface area (Å²) < 4.78 is 4.98. The molecule has 0 saturated heterocycles. The number of methoxy groups -OCH3 is 1. The molecule has 0 saturated carbocycles. The Morgan fingerprint density at radius 1 is 1.38 bits per heavy atom. The topological polar surface area (TPSA) is 35.0 Å². The standard InChI is InChI=1S/C9H13ClN2O/c1-9(2,3)6-5-11-12-8(13-4)7(6)10/h5H,1-4H3. The van der Waals surface area contributed by atoms with Crippen molar-refractivity contribution in [2.24, 2.45) is 0 Å². The maximum absolute atomic E-state index is 6.07. The van der Waals surface area contributed by atoms with Crippen LogP contribution in [-0.4, -0.2) is 17.3 Å². The Morgan fingerprint density at radius 2 is 2.00 bits per heavy atom. The molecule has 72 valence electrons. The minimum Gasteiger partial charge on any atom is -0.479 e. The van der Waals surface area contributed by atoms with Crippen LogP contribution in [0, 0.1) is 0 Å². The van der Waals surface area contributed by atoms with Gasteiger partial charge in [-0.2, -0.15) is 5.10 Å². The molecule has 0 aromatic carbocycles. The molecule has 0 atom stereocenters. The van der Waals surface area contributed by atoms with Crippen molar-refractivity contribution >= 4 is 11.6 Å². The van der Waals surface area contributed by atoms with Gasteiger partial charge in [-0.05, 0) is 5.41 Å².